The normalized spacial score (nSPS) is 12.4. The summed E-state index contributed by atoms with van der Waals surface area (Å²) in [6.07, 6.45) is 6.26. The van der Waals surface area contributed by atoms with Crippen LogP contribution < -0.4 is 14.2 Å². The highest BCUT2D eigenvalue weighted by atomic mass is 32.2. The van der Waals surface area contributed by atoms with E-state index in [9.17, 15) is 34.4 Å². The second-order valence-corrected chi connectivity index (χ2v) is 22.2. The summed E-state index contributed by atoms with van der Waals surface area (Å²) in [5.74, 6) is 2.98. The van der Waals surface area contributed by atoms with Crippen LogP contribution in [0.2, 0.25) is 0 Å². The molecule has 0 radical (unpaired) electrons. The second kappa shape index (κ2) is 23.6. The minimum Gasteiger partial charge on any atom is -0.497 e. The van der Waals surface area contributed by atoms with Crippen LogP contribution >= 0.6 is 23.5 Å². The molecular formula is C46H56O12S5. The molecule has 12 nitrogen and oxygen atoms in total. The van der Waals surface area contributed by atoms with E-state index in [-0.39, 0.29) is 27.7 Å². The van der Waals surface area contributed by atoms with Crippen molar-refractivity contribution in [1.29, 1.82) is 0 Å². The lowest BCUT2D eigenvalue weighted by Crippen LogP contribution is -2.19. The van der Waals surface area contributed by atoms with E-state index >= 15 is 0 Å². The maximum Gasteiger partial charge on any atom is 0.265 e. The van der Waals surface area contributed by atoms with Crippen LogP contribution in [0.3, 0.4) is 0 Å². The lowest BCUT2D eigenvalue weighted by molar-refractivity contribution is 0.212. The predicted octanol–water partition coefficient (Wildman–Crippen LogP) is 10.4. The van der Waals surface area contributed by atoms with Crippen molar-refractivity contribution in [2.45, 2.75) is 67.4 Å². The van der Waals surface area contributed by atoms with E-state index in [1.165, 1.54) is 54.9 Å². The first-order valence-corrected chi connectivity index (χ1v) is 26.9. The first-order valence-electron chi connectivity index (χ1n) is 20.1. The molecule has 4 aromatic carbocycles. The van der Waals surface area contributed by atoms with E-state index in [1.54, 1.807) is 30.3 Å². The summed E-state index contributed by atoms with van der Waals surface area (Å²) >= 11 is 2.69. The molecule has 0 saturated heterocycles. The van der Waals surface area contributed by atoms with Crippen molar-refractivity contribution in [1.82, 2.24) is 0 Å². The predicted molar refractivity (Wildman–Crippen MR) is 254 cm³/mol. The van der Waals surface area contributed by atoms with Gasteiger partial charge >= 0.3 is 0 Å². The Labute approximate surface area is 381 Å². The lowest BCUT2D eigenvalue weighted by Gasteiger charge is -2.28. The monoisotopic (exact) mass is 960 g/mol. The highest BCUT2D eigenvalue weighted by molar-refractivity contribution is 8.08. The lowest BCUT2D eigenvalue weighted by atomic mass is 9.77. The zero-order valence-corrected chi connectivity index (χ0v) is 40.0. The molecule has 0 aromatic heterocycles. The Hall–Kier alpha value is -4.23. The number of allylic oxidation sites excluding steroid dienone is 2. The van der Waals surface area contributed by atoms with Crippen LogP contribution in [0.15, 0.2) is 126 Å². The number of hydrogen-bond donors (Lipinski definition) is 2. The van der Waals surface area contributed by atoms with Crippen LogP contribution in [0.1, 0.15) is 68.7 Å². The molecule has 4 rings (SSSR count). The van der Waals surface area contributed by atoms with Crippen molar-refractivity contribution < 1.29 is 53.3 Å². The third kappa shape index (κ3) is 16.1. The number of thioether (sulfide) groups is 2. The molecule has 0 bridgehead atoms. The van der Waals surface area contributed by atoms with Crippen LogP contribution in [-0.4, -0.2) is 77.7 Å². The van der Waals surface area contributed by atoms with Crippen molar-refractivity contribution in [3.63, 3.8) is 0 Å². The Morgan fingerprint density at radius 2 is 1.32 bits per heavy atom. The molecule has 17 heteroatoms. The van der Waals surface area contributed by atoms with Crippen molar-refractivity contribution in [2.24, 2.45) is 0 Å². The Morgan fingerprint density at radius 3 is 1.90 bits per heavy atom. The number of methoxy groups -OCH3 is 1. The molecule has 0 aliphatic carbocycles. The van der Waals surface area contributed by atoms with Gasteiger partial charge in [0.1, 0.15) is 28.8 Å². The van der Waals surface area contributed by atoms with Gasteiger partial charge in [0.2, 0.25) is 9.84 Å². The molecule has 0 fully saturated rings. The van der Waals surface area contributed by atoms with Crippen LogP contribution in [0.5, 0.6) is 23.0 Å². The fourth-order valence-electron chi connectivity index (χ4n) is 6.20. The summed E-state index contributed by atoms with van der Waals surface area (Å²) in [5.41, 5.74) is 2.72. The van der Waals surface area contributed by atoms with Gasteiger partial charge in [-0.3, -0.25) is 9.11 Å². The van der Waals surface area contributed by atoms with Gasteiger partial charge in [0.25, 0.3) is 20.2 Å². The second-order valence-electron chi connectivity index (χ2n) is 14.8. The topological polar surface area (TPSA) is 180 Å². The van der Waals surface area contributed by atoms with Gasteiger partial charge in [0, 0.05) is 33.0 Å². The summed E-state index contributed by atoms with van der Waals surface area (Å²) in [5, 5.41) is 0. The minimum atomic E-state index is -4.17. The molecule has 342 valence electrons. The molecule has 4 aromatic rings. The molecule has 0 amide bonds. The maximum absolute atomic E-state index is 13.3. The third-order valence-corrected chi connectivity index (χ3v) is 15.5. The number of ether oxygens (including phenoxy) is 4. The largest absolute Gasteiger partial charge is 0.497 e. The van der Waals surface area contributed by atoms with Gasteiger partial charge in [-0.05, 0) is 128 Å². The fourth-order valence-corrected chi connectivity index (χ4v) is 10.8. The number of rotatable bonds is 27. The van der Waals surface area contributed by atoms with Gasteiger partial charge < -0.3 is 18.9 Å². The van der Waals surface area contributed by atoms with Gasteiger partial charge in [0.15, 0.2) is 0 Å². The van der Waals surface area contributed by atoms with E-state index in [2.05, 4.69) is 27.0 Å². The molecule has 2 N–H and O–H groups in total. The number of benzene rings is 4. The van der Waals surface area contributed by atoms with E-state index in [4.69, 9.17) is 18.9 Å². The van der Waals surface area contributed by atoms with Crippen LogP contribution in [-0.2, 0) is 46.0 Å². The molecule has 0 aliphatic rings. The molecule has 0 saturated carbocycles. The third-order valence-electron chi connectivity index (χ3n) is 9.88. The fraction of sp³-hybridized carbons (Fsp3) is 0.348. The molecular weight excluding hydrogens is 905 g/mol. The summed E-state index contributed by atoms with van der Waals surface area (Å²) in [4.78, 5) is 0.797. The van der Waals surface area contributed by atoms with Gasteiger partial charge in [0.05, 0.1) is 41.6 Å². The SMILES string of the molecule is C=CC(=CC)OCCCCCOc1ccc(C(C)(C)c2ccc(Oc3ccc(S(=O)(=O)c4ccc(OC)cc4)cc3)c(CSCCCS(=O)(=O)O)c2)cc1C(=C)SCCS(=O)(=O)O. The Balaban J connectivity index is 1.60. The minimum absolute atomic E-state index is 0.0929. The van der Waals surface area contributed by atoms with E-state index in [0.717, 1.165) is 41.7 Å². The molecule has 63 heavy (non-hydrogen) atoms. The number of sulfone groups is 1. The summed E-state index contributed by atoms with van der Waals surface area (Å²) in [7, 11) is -10.6. The Bertz CT molecular complexity index is 2530. The van der Waals surface area contributed by atoms with Crippen LogP contribution in [0.25, 0.3) is 4.91 Å². The van der Waals surface area contributed by atoms with Crippen LogP contribution in [0, 0.1) is 0 Å². The van der Waals surface area contributed by atoms with Gasteiger partial charge in [-0.15, -0.1) is 11.8 Å². The number of hydrogen-bond acceptors (Lipinski definition) is 12. The Morgan fingerprint density at radius 1 is 0.730 bits per heavy atom. The first kappa shape index (κ1) is 51.4. The van der Waals surface area contributed by atoms with Crippen molar-refractivity contribution >= 4 is 58.5 Å². The van der Waals surface area contributed by atoms with Crippen molar-refractivity contribution in [2.75, 3.05) is 43.3 Å². The molecule has 0 aliphatic heterocycles. The average Bonchev–Trinajstić information content (AvgIpc) is 3.24. The molecule has 0 atom stereocenters. The van der Waals surface area contributed by atoms with Gasteiger partial charge in [-0.25, -0.2) is 8.42 Å². The zero-order chi connectivity index (χ0) is 46.3. The van der Waals surface area contributed by atoms with Crippen molar-refractivity contribution in [3.8, 4) is 23.0 Å². The van der Waals surface area contributed by atoms with E-state index < -0.39 is 41.2 Å². The quantitative estimate of drug-likeness (QED) is 0.0249. The van der Waals surface area contributed by atoms with Gasteiger partial charge in [-0.1, -0.05) is 45.2 Å². The molecule has 0 unspecified atom stereocenters. The number of unbranched alkanes of at least 4 members (excludes halogenated alkanes) is 2. The van der Waals surface area contributed by atoms with Crippen molar-refractivity contribution in [3.05, 3.63) is 138 Å². The van der Waals surface area contributed by atoms with E-state index in [0.29, 0.717) is 58.2 Å². The van der Waals surface area contributed by atoms with Crippen LogP contribution in [0.4, 0.5) is 0 Å². The highest BCUT2D eigenvalue weighted by Crippen LogP contribution is 2.41. The molecule has 0 spiro atoms. The summed E-state index contributed by atoms with van der Waals surface area (Å²) in [6.45, 7) is 15.0. The maximum atomic E-state index is 13.3. The average molecular weight is 961 g/mol. The Kier molecular flexibility index (Phi) is 19.3. The highest BCUT2D eigenvalue weighted by Gasteiger charge is 2.27. The first-order chi connectivity index (χ1) is 29.8. The van der Waals surface area contributed by atoms with E-state index in [1.807, 2.05) is 49.4 Å². The smallest absolute Gasteiger partial charge is 0.265 e. The summed E-state index contributed by atoms with van der Waals surface area (Å²) in [6, 6.07) is 23.9. The zero-order valence-electron chi connectivity index (χ0n) is 35.9. The standard InChI is InChI=1S/C46H56O12S5/c1-7-38(8-2)56-25-10-9-11-26-57-45-24-14-37(32-43(45)34(3)60-28-30-62(50,51)52)46(4,5)36-13-23-44(35(31-36)33-59-27-12-29-61(47,48)49)58-40-17-21-42(22-18-40)63(53,54)41-19-15-39(55-6)16-20-41/h7-8,13-24,31-32H,1,3,9-12,25-30,33H2,2,4-6H3,(H,47,48,49)(H,50,51,52). The molecule has 0 heterocycles. The summed E-state index contributed by atoms with van der Waals surface area (Å²) < 4.78 is 114. The van der Waals surface area contributed by atoms with Gasteiger partial charge in [-0.2, -0.15) is 28.6 Å².